The fourth-order valence-corrected chi connectivity index (χ4v) is 9.69. The quantitative estimate of drug-likeness (QED) is 0.0356. The Bertz CT molecular complexity index is 2370. The number of imidazole rings is 1. The number of ketones is 1. The number of fused-ring (bicyclic) bond motifs is 1. The molecule has 322 valence electrons. The Morgan fingerprint density at radius 3 is 2.02 bits per heavy atom. The maximum Gasteiger partial charge on any atom is 0.259 e. The summed E-state index contributed by atoms with van der Waals surface area (Å²) in [5.41, 5.74) is 8.34. The van der Waals surface area contributed by atoms with E-state index in [1.54, 1.807) is 37.2 Å². The third kappa shape index (κ3) is 9.20. The molecular formula is C47H52N7O7P. The molecule has 0 saturated carbocycles. The number of anilines is 1. The first-order valence-corrected chi connectivity index (χ1v) is 21.7. The minimum absolute atomic E-state index is 0.00547. The van der Waals surface area contributed by atoms with E-state index in [0.717, 1.165) is 16.7 Å². The van der Waals surface area contributed by atoms with Gasteiger partial charge in [0.1, 0.15) is 41.3 Å². The van der Waals surface area contributed by atoms with Crippen molar-refractivity contribution < 1.29 is 32.8 Å². The highest BCUT2D eigenvalue weighted by Gasteiger charge is 2.52. The van der Waals surface area contributed by atoms with E-state index in [1.165, 1.54) is 6.33 Å². The van der Waals surface area contributed by atoms with Crippen molar-refractivity contribution in [2.75, 3.05) is 26.6 Å². The van der Waals surface area contributed by atoms with Crippen LogP contribution in [0.5, 0.6) is 11.5 Å². The van der Waals surface area contributed by atoms with Crippen molar-refractivity contribution in [3.05, 3.63) is 144 Å². The third-order valence-corrected chi connectivity index (χ3v) is 12.9. The lowest BCUT2D eigenvalue weighted by molar-refractivity contribution is -0.124. The van der Waals surface area contributed by atoms with E-state index in [0.29, 0.717) is 28.2 Å². The van der Waals surface area contributed by atoms with Crippen molar-refractivity contribution in [3.63, 3.8) is 0 Å². The van der Waals surface area contributed by atoms with Gasteiger partial charge in [-0.15, -0.1) is 0 Å². The van der Waals surface area contributed by atoms with Gasteiger partial charge in [-0.05, 0) is 68.7 Å². The number of nitrogens with zero attached hydrogens (tertiary/aromatic N) is 6. The maximum absolute atomic E-state index is 15.5. The molecule has 4 aromatic carbocycles. The highest BCUT2D eigenvalue weighted by Crippen LogP contribution is 2.52. The molecular weight excluding hydrogens is 806 g/mol. The van der Waals surface area contributed by atoms with Crippen LogP contribution in [-0.4, -0.2) is 81.2 Å². The highest BCUT2D eigenvalue weighted by atomic mass is 31.2. The van der Waals surface area contributed by atoms with Crippen molar-refractivity contribution in [2.24, 2.45) is 0 Å². The van der Waals surface area contributed by atoms with Crippen LogP contribution >= 0.6 is 8.53 Å². The normalized spacial score (nSPS) is 17.6. The molecule has 1 aliphatic heterocycles. The smallest absolute Gasteiger partial charge is 0.259 e. The topological polar surface area (TPSA) is 169 Å². The standard InChI is InChI=1S/C47H52N7O7P/c1-31(2)54(32(3)4)62(58-27-13-26-48)61-39-28-40(53-30-52-41-45(49)50-29-51-46(41)53)59-43(39)44(42(55)33-14-9-7-10-15-33)60-47(34-16-11-8-12-17-34,35-18-22-37(56-5)23-19-35)36-20-24-38(57-6)25-21-36/h7-12,14-25,29-32,39-40,43-44H,13,27-28H2,1-6H3,(H2,49,50,51)/t39-,40+,43-,44?,62?/m0/s1. The monoisotopic (exact) mass is 857 g/mol. The van der Waals surface area contributed by atoms with Crippen LogP contribution in [0.3, 0.4) is 0 Å². The van der Waals surface area contributed by atoms with E-state index in [4.69, 9.17) is 33.7 Å². The Hall–Kier alpha value is -5.78. The maximum atomic E-state index is 15.5. The minimum atomic E-state index is -1.81. The van der Waals surface area contributed by atoms with Gasteiger partial charge in [0.2, 0.25) is 0 Å². The number of Topliss-reactive ketones (excluding diaryl/α,β-unsaturated/α-hetero) is 1. The average Bonchev–Trinajstić information content (AvgIpc) is 3.92. The molecule has 0 bridgehead atoms. The first-order chi connectivity index (χ1) is 30.1. The van der Waals surface area contributed by atoms with Crippen LogP contribution in [-0.2, 0) is 24.1 Å². The van der Waals surface area contributed by atoms with Crippen LogP contribution in [0.15, 0.2) is 122 Å². The van der Waals surface area contributed by atoms with Crippen molar-refractivity contribution in [3.8, 4) is 17.6 Å². The lowest BCUT2D eigenvalue weighted by Gasteiger charge is -2.41. The molecule has 0 aliphatic carbocycles. The number of hydrogen-bond acceptors (Lipinski definition) is 13. The summed E-state index contributed by atoms with van der Waals surface area (Å²) in [6.45, 7) is 8.44. The largest absolute Gasteiger partial charge is 0.497 e. The molecule has 62 heavy (non-hydrogen) atoms. The second kappa shape index (κ2) is 19.9. The average molecular weight is 858 g/mol. The van der Waals surface area contributed by atoms with Crippen molar-refractivity contribution in [1.82, 2.24) is 24.2 Å². The van der Waals surface area contributed by atoms with Gasteiger partial charge in [-0.25, -0.2) is 19.6 Å². The van der Waals surface area contributed by atoms with Gasteiger partial charge in [-0.1, -0.05) is 84.9 Å². The van der Waals surface area contributed by atoms with Crippen molar-refractivity contribution >= 4 is 31.3 Å². The van der Waals surface area contributed by atoms with Crippen LogP contribution in [0.4, 0.5) is 5.82 Å². The summed E-state index contributed by atoms with van der Waals surface area (Å²) in [4.78, 5) is 28.7. The number of aromatic nitrogens is 4. The molecule has 2 N–H and O–H groups in total. The molecule has 0 amide bonds. The van der Waals surface area contributed by atoms with Gasteiger partial charge in [0.05, 0.1) is 45.7 Å². The Kier molecular flexibility index (Phi) is 14.2. The third-order valence-electron chi connectivity index (χ3n) is 10.8. The Balaban J connectivity index is 1.45. The fraction of sp³-hybridized carbons (Fsp3) is 0.340. The van der Waals surface area contributed by atoms with Crippen LogP contribution in [0, 0.1) is 11.3 Å². The van der Waals surface area contributed by atoms with E-state index in [2.05, 4.69) is 53.4 Å². The minimum Gasteiger partial charge on any atom is -0.497 e. The molecule has 15 heteroatoms. The Morgan fingerprint density at radius 2 is 1.45 bits per heavy atom. The second-order valence-corrected chi connectivity index (χ2v) is 16.7. The summed E-state index contributed by atoms with van der Waals surface area (Å²) >= 11 is 0. The molecule has 2 unspecified atom stereocenters. The number of rotatable bonds is 19. The molecule has 5 atom stereocenters. The van der Waals surface area contributed by atoms with Crippen molar-refractivity contribution in [2.45, 2.75) is 82.8 Å². The molecule has 2 aromatic heterocycles. The first-order valence-electron chi connectivity index (χ1n) is 20.5. The van der Waals surface area contributed by atoms with E-state index in [-0.39, 0.29) is 43.1 Å². The van der Waals surface area contributed by atoms with Crippen molar-refractivity contribution in [1.29, 1.82) is 5.26 Å². The number of nitrogen functional groups attached to an aromatic ring is 1. The van der Waals surface area contributed by atoms with Gasteiger partial charge in [0.25, 0.3) is 8.53 Å². The molecule has 7 rings (SSSR count). The molecule has 6 aromatic rings. The summed E-state index contributed by atoms with van der Waals surface area (Å²) in [7, 11) is 1.43. The molecule has 1 saturated heterocycles. The van der Waals surface area contributed by atoms with Gasteiger partial charge < -0.3 is 33.7 Å². The van der Waals surface area contributed by atoms with E-state index < -0.39 is 38.7 Å². The SMILES string of the molecule is COc1ccc(C(OC(C(=O)c2ccccc2)[C@H]2O[C@@H](n3cnc4c(N)ncnc43)C[C@@H]2OP(OCCC#N)N(C(C)C)C(C)C)(c2ccccc2)c2ccc(OC)cc2)cc1. The van der Waals surface area contributed by atoms with Gasteiger partial charge in [0, 0.05) is 24.1 Å². The molecule has 0 spiro atoms. The lowest BCUT2D eigenvalue weighted by atomic mass is 9.79. The molecule has 0 radical (unpaired) electrons. The lowest BCUT2D eigenvalue weighted by Crippen LogP contribution is -2.49. The zero-order chi connectivity index (χ0) is 43.8. The van der Waals surface area contributed by atoms with Gasteiger partial charge in [-0.3, -0.25) is 9.36 Å². The zero-order valence-corrected chi connectivity index (χ0v) is 36.6. The second-order valence-electron chi connectivity index (χ2n) is 15.3. The van der Waals surface area contributed by atoms with E-state index in [1.807, 2.05) is 97.1 Å². The number of carbonyl (C=O) groups excluding carboxylic acids is 1. The number of nitriles is 1. The molecule has 1 fully saturated rings. The predicted molar refractivity (Wildman–Crippen MR) is 236 cm³/mol. The fourth-order valence-electron chi connectivity index (χ4n) is 7.95. The summed E-state index contributed by atoms with van der Waals surface area (Å²) < 4.78 is 43.5. The van der Waals surface area contributed by atoms with Gasteiger partial charge in [-0.2, -0.15) is 5.26 Å². The number of nitrogens with two attached hydrogens (primary N) is 1. The van der Waals surface area contributed by atoms with Crippen LogP contribution in [0.25, 0.3) is 11.2 Å². The van der Waals surface area contributed by atoms with Crippen LogP contribution in [0.1, 0.15) is 73.8 Å². The molecule has 1 aliphatic rings. The van der Waals surface area contributed by atoms with Crippen LogP contribution in [0.2, 0.25) is 0 Å². The summed E-state index contributed by atoms with van der Waals surface area (Å²) in [5, 5.41) is 9.51. The summed E-state index contributed by atoms with van der Waals surface area (Å²) in [5.74, 6) is 1.20. The number of ether oxygens (including phenoxy) is 4. The Morgan fingerprint density at radius 1 is 0.871 bits per heavy atom. The first kappa shape index (κ1) is 44.3. The summed E-state index contributed by atoms with van der Waals surface area (Å²) in [6, 6.07) is 36.3. The number of carbonyl (C=O) groups is 1. The zero-order valence-electron chi connectivity index (χ0n) is 35.7. The number of benzene rings is 4. The Labute approximate surface area is 363 Å². The van der Waals surface area contributed by atoms with E-state index >= 15 is 4.79 Å². The molecule has 14 nitrogen and oxygen atoms in total. The highest BCUT2D eigenvalue weighted by molar-refractivity contribution is 7.44. The number of hydrogen-bond donors (Lipinski definition) is 1. The van der Waals surface area contributed by atoms with Gasteiger partial charge >= 0.3 is 0 Å². The number of methoxy groups -OCH3 is 2. The molecule has 3 heterocycles. The van der Waals surface area contributed by atoms with Crippen LogP contribution < -0.4 is 15.2 Å². The van der Waals surface area contributed by atoms with Gasteiger partial charge in [0.15, 0.2) is 23.4 Å². The van der Waals surface area contributed by atoms with E-state index in [9.17, 15) is 5.26 Å². The predicted octanol–water partition coefficient (Wildman–Crippen LogP) is 8.63. The summed E-state index contributed by atoms with van der Waals surface area (Å²) in [6.07, 6.45) is -0.497.